The quantitative estimate of drug-likeness (QED) is 0.352. The minimum Gasteiger partial charge on any atom is -0.497 e. The molecule has 1 N–H and O–H groups in total. The molecule has 3 rings (SSSR count). The highest BCUT2D eigenvalue weighted by Gasteiger charge is 2.18. The van der Waals surface area contributed by atoms with Crippen LogP contribution in [0.15, 0.2) is 84.9 Å². The highest BCUT2D eigenvalue weighted by Crippen LogP contribution is 2.17. The summed E-state index contributed by atoms with van der Waals surface area (Å²) in [7, 11) is 1.64. The van der Waals surface area contributed by atoms with E-state index >= 15 is 0 Å². The van der Waals surface area contributed by atoms with Crippen LogP contribution in [0.4, 0.5) is 0 Å². The Morgan fingerprint density at radius 1 is 0.758 bits per heavy atom. The molecule has 0 aromatic heterocycles. The Morgan fingerprint density at radius 3 is 1.91 bits per heavy atom. The van der Waals surface area contributed by atoms with E-state index < -0.39 is 6.10 Å². The number of carbonyl (C=O) groups is 1. The molecular formula is C29H34O4. The lowest BCUT2D eigenvalue weighted by Gasteiger charge is -2.19. The average molecular weight is 447 g/mol. The van der Waals surface area contributed by atoms with Crippen LogP contribution in [-0.2, 0) is 29.0 Å². The van der Waals surface area contributed by atoms with Gasteiger partial charge in [0.2, 0.25) is 0 Å². The summed E-state index contributed by atoms with van der Waals surface area (Å²) < 4.78 is 11.4. The van der Waals surface area contributed by atoms with Crippen LogP contribution in [0, 0.1) is 0 Å². The van der Waals surface area contributed by atoms with Crippen molar-refractivity contribution < 1.29 is 19.4 Å². The van der Waals surface area contributed by atoms with Crippen LogP contribution >= 0.6 is 0 Å². The molecule has 0 spiro atoms. The number of ketones is 1. The third kappa shape index (κ3) is 9.21. The maximum atomic E-state index is 12.7. The van der Waals surface area contributed by atoms with Crippen LogP contribution in [0.1, 0.15) is 42.4 Å². The van der Waals surface area contributed by atoms with Gasteiger partial charge in [-0.1, -0.05) is 72.8 Å². The van der Waals surface area contributed by atoms with Crippen LogP contribution < -0.4 is 4.74 Å². The molecule has 0 aliphatic rings. The summed E-state index contributed by atoms with van der Waals surface area (Å²) in [4.78, 5) is 12.7. The normalized spacial score (nSPS) is 12.8. The zero-order valence-electron chi connectivity index (χ0n) is 19.4. The fourth-order valence-corrected chi connectivity index (χ4v) is 3.83. The van der Waals surface area contributed by atoms with Gasteiger partial charge >= 0.3 is 0 Å². The summed E-state index contributed by atoms with van der Waals surface area (Å²) in [5.41, 5.74) is 3.44. The maximum absolute atomic E-state index is 12.7. The van der Waals surface area contributed by atoms with E-state index in [1.807, 2.05) is 72.8 Å². The average Bonchev–Trinajstić information content (AvgIpc) is 2.86. The van der Waals surface area contributed by atoms with E-state index in [-0.39, 0.29) is 18.3 Å². The SMILES string of the molecule is COc1ccc(CO[C@H](CCc2ccccc2)CC(=O)C[C@H](O)CCc2ccccc2)cc1. The first kappa shape index (κ1) is 24.7. The maximum Gasteiger partial charge on any atom is 0.138 e. The van der Waals surface area contributed by atoms with Crippen molar-refractivity contribution in [2.24, 2.45) is 0 Å². The lowest BCUT2D eigenvalue weighted by Crippen LogP contribution is -2.22. The monoisotopic (exact) mass is 446 g/mol. The van der Waals surface area contributed by atoms with Crippen LogP contribution in [-0.4, -0.2) is 30.2 Å². The Labute approximate surface area is 197 Å². The number of rotatable bonds is 14. The van der Waals surface area contributed by atoms with Gasteiger partial charge < -0.3 is 14.6 Å². The second-order valence-corrected chi connectivity index (χ2v) is 8.43. The van der Waals surface area contributed by atoms with Crippen LogP contribution in [0.3, 0.4) is 0 Å². The fraction of sp³-hybridized carbons (Fsp3) is 0.345. The number of aryl methyl sites for hydroxylation is 2. The molecule has 3 aromatic rings. The second-order valence-electron chi connectivity index (χ2n) is 8.43. The van der Waals surface area contributed by atoms with Gasteiger partial charge in [0.05, 0.1) is 25.9 Å². The second kappa shape index (κ2) is 13.6. The number of aliphatic hydroxyl groups excluding tert-OH is 1. The van der Waals surface area contributed by atoms with Gasteiger partial charge in [0.25, 0.3) is 0 Å². The van der Waals surface area contributed by atoms with Crippen molar-refractivity contribution in [3.63, 3.8) is 0 Å². The number of ether oxygens (including phenoxy) is 2. The number of aliphatic hydroxyl groups is 1. The lowest BCUT2D eigenvalue weighted by atomic mass is 9.98. The summed E-state index contributed by atoms with van der Waals surface area (Å²) in [6.07, 6.45) is 2.60. The van der Waals surface area contributed by atoms with Gasteiger partial charge in [0, 0.05) is 12.8 Å². The Morgan fingerprint density at radius 2 is 1.33 bits per heavy atom. The first-order valence-corrected chi connectivity index (χ1v) is 11.6. The van der Waals surface area contributed by atoms with Gasteiger partial charge in [0.15, 0.2) is 0 Å². The Balaban J connectivity index is 1.51. The van der Waals surface area contributed by atoms with Crippen LogP contribution in [0.25, 0.3) is 0 Å². The first-order chi connectivity index (χ1) is 16.1. The number of hydrogen-bond donors (Lipinski definition) is 1. The van der Waals surface area contributed by atoms with E-state index in [2.05, 4.69) is 12.1 Å². The Hall–Kier alpha value is -2.95. The number of benzene rings is 3. The summed E-state index contributed by atoms with van der Waals surface area (Å²) in [6.45, 7) is 0.438. The molecule has 0 unspecified atom stereocenters. The third-order valence-corrected chi connectivity index (χ3v) is 5.77. The lowest BCUT2D eigenvalue weighted by molar-refractivity contribution is -0.124. The van der Waals surface area contributed by atoms with Crippen molar-refractivity contribution in [2.75, 3.05) is 7.11 Å². The molecule has 33 heavy (non-hydrogen) atoms. The summed E-state index contributed by atoms with van der Waals surface area (Å²) >= 11 is 0. The van der Waals surface area contributed by atoms with Gasteiger partial charge in [-0.05, 0) is 54.5 Å². The molecule has 4 heteroatoms. The van der Waals surface area contributed by atoms with Gasteiger partial charge in [-0.15, -0.1) is 0 Å². The smallest absolute Gasteiger partial charge is 0.138 e. The molecule has 0 saturated heterocycles. The van der Waals surface area contributed by atoms with Crippen molar-refractivity contribution >= 4 is 5.78 Å². The van der Waals surface area contributed by atoms with E-state index in [9.17, 15) is 9.90 Å². The first-order valence-electron chi connectivity index (χ1n) is 11.6. The zero-order valence-corrected chi connectivity index (χ0v) is 19.4. The van der Waals surface area contributed by atoms with Crippen molar-refractivity contribution in [3.8, 4) is 5.75 Å². The fourth-order valence-electron chi connectivity index (χ4n) is 3.83. The number of methoxy groups -OCH3 is 1. The standard InChI is InChI=1S/C29H34O4/c1-32-28-17-14-25(15-18-28)22-33-29(19-13-24-10-6-3-7-11-24)21-27(31)20-26(30)16-12-23-8-4-2-5-9-23/h2-11,14-15,17-18,26,29-30H,12-13,16,19-22H2,1H3/t26-,29-/m1/s1. The molecule has 0 heterocycles. The molecule has 0 saturated carbocycles. The van der Waals surface area contributed by atoms with Gasteiger partial charge in [-0.3, -0.25) is 4.79 Å². The molecule has 0 aliphatic heterocycles. The van der Waals surface area contributed by atoms with Gasteiger partial charge in [-0.2, -0.15) is 0 Å². The predicted octanol–water partition coefficient (Wildman–Crippen LogP) is 5.56. The van der Waals surface area contributed by atoms with Crippen molar-refractivity contribution in [2.45, 2.75) is 57.3 Å². The highest BCUT2D eigenvalue weighted by molar-refractivity contribution is 5.79. The highest BCUT2D eigenvalue weighted by atomic mass is 16.5. The Bertz CT molecular complexity index is 938. The molecule has 0 amide bonds. The third-order valence-electron chi connectivity index (χ3n) is 5.77. The minimum absolute atomic E-state index is 0.0448. The summed E-state index contributed by atoms with van der Waals surface area (Å²) in [5.74, 6) is 0.849. The summed E-state index contributed by atoms with van der Waals surface area (Å²) in [6, 6.07) is 28.0. The van der Waals surface area contributed by atoms with E-state index in [0.717, 1.165) is 30.6 Å². The van der Waals surface area contributed by atoms with E-state index in [0.29, 0.717) is 19.4 Å². The van der Waals surface area contributed by atoms with Crippen LogP contribution in [0.2, 0.25) is 0 Å². The molecule has 0 radical (unpaired) electrons. The molecule has 0 fully saturated rings. The number of Topliss-reactive ketones (excluding diaryl/α,β-unsaturated/α-hetero) is 1. The molecule has 0 aliphatic carbocycles. The summed E-state index contributed by atoms with van der Waals surface area (Å²) in [5, 5.41) is 10.4. The van der Waals surface area contributed by atoms with Crippen LogP contribution in [0.5, 0.6) is 5.75 Å². The van der Waals surface area contributed by atoms with Gasteiger partial charge in [-0.25, -0.2) is 0 Å². The molecule has 3 aromatic carbocycles. The number of hydrogen-bond acceptors (Lipinski definition) is 4. The van der Waals surface area contributed by atoms with E-state index in [1.54, 1.807) is 7.11 Å². The molecule has 2 atom stereocenters. The van der Waals surface area contributed by atoms with Crippen molar-refractivity contribution in [3.05, 3.63) is 102 Å². The topological polar surface area (TPSA) is 55.8 Å². The minimum atomic E-state index is -0.630. The Kier molecular flexibility index (Phi) is 10.1. The number of carbonyl (C=O) groups excluding carboxylic acids is 1. The molecule has 0 bridgehead atoms. The molecule has 174 valence electrons. The van der Waals surface area contributed by atoms with E-state index in [4.69, 9.17) is 9.47 Å². The predicted molar refractivity (Wildman–Crippen MR) is 131 cm³/mol. The van der Waals surface area contributed by atoms with Gasteiger partial charge in [0.1, 0.15) is 11.5 Å². The van der Waals surface area contributed by atoms with E-state index in [1.165, 1.54) is 11.1 Å². The largest absolute Gasteiger partial charge is 0.497 e. The van der Waals surface area contributed by atoms with Crippen molar-refractivity contribution in [1.29, 1.82) is 0 Å². The zero-order chi connectivity index (χ0) is 23.3. The van der Waals surface area contributed by atoms with Crippen molar-refractivity contribution in [1.82, 2.24) is 0 Å². The molecule has 4 nitrogen and oxygen atoms in total. The molecular weight excluding hydrogens is 412 g/mol.